The van der Waals surface area contributed by atoms with Gasteiger partial charge in [0.25, 0.3) is 0 Å². The highest BCUT2D eigenvalue weighted by molar-refractivity contribution is 7.98. The van der Waals surface area contributed by atoms with E-state index in [0.717, 1.165) is 21.9 Å². The highest BCUT2D eigenvalue weighted by atomic mass is 32.2. The van der Waals surface area contributed by atoms with E-state index in [9.17, 15) is 0 Å². The Morgan fingerprint density at radius 3 is 2.79 bits per heavy atom. The molecular weight excluding hydrogens is 194 g/mol. The summed E-state index contributed by atoms with van der Waals surface area (Å²) in [6.07, 6.45) is 2.02. The van der Waals surface area contributed by atoms with Gasteiger partial charge in [-0.2, -0.15) is 0 Å². The van der Waals surface area contributed by atoms with Crippen LogP contribution in [0.2, 0.25) is 0 Å². The number of thioether (sulfide) groups is 1. The molecule has 0 amide bonds. The van der Waals surface area contributed by atoms with Crippen molar-refractivity contribution in [3.05, 3.63) is 18.2 Å². The summed E-state index contributed by atoms with van der Waals surface area (Å²) in [5, 5.41) is 0.967. The summed E-state index contributed by atoms with van der Waals surface area (Å²) in [5.41, 5.74) is 3.29. The standard InChI is InChI=1S/C10H13N3S/c1-13(2)8-6-4-5-7-9(8)12-10(11-7)14-3/h4-6H,1-3H3,(H,11,12). The lowest BCUT2D eigenvalue weighted by molar-refractivity contribution is 1.08. The van der Waals surface area contributed by atoms with Crippen LogP contribution in [0.3, 0.4) is 0 Å². The second-order valence-corrected chi connectivity index (χ2v) is 4.11. The van der Waals surface area contributed by atoms with E-state index in [2.05, 4.69) is 27.0 Å². The van der Waals surface area contributed by atoms with E-state index in [-0.39, 0.29) is 0 Å². The van der Waals surface area contributed by atoms with Gasteiger partial charge >= 0.3 is 0 Å². The number of hydrogen-bond acceptors (Lipinski definition) is 3. The van der Waals surface area contributed by atoms with Crippen molar-refractivity contribution in [2.75, 3.05) is 25.3 Å². The number of H-pyrrole nitrogens is 1. The Bertz CT molecular complexity index is 448. The molecule has 0 saturated heterocycles. The molecule has 1 heterocycles. The number of fused-ring (bicyclic) bond motifs is 1. The van der Waals surface area contributed by atoms with Crippen molar-refractivity contribution >= 4 is 28.5 Å². The number of anilines is 1. The van der Waals surface area contributed by atoms with Crippen molar-refractivity contribution in [1.82, 2.24) is 9.97 Å². The summed E-state index contributed by atoms with van der Waals surface area (Å²) in [6.45, 7) is 0. The number of imidazole rings is 1. The van der Waals surface area contributed by atoms with Crippen LogP contribution in [0.4, 0.5) is 5.69 Å². The molecule has 1 N–H and O–H groups in total. The molecule has 0 aliphatic heterocycles. The van der Waals surface area contributed by atoms with Crippen LogP contribution in [0.25, 0.3) is 11.0 Å². The highest BCUT2D eigenvalue weighted by Crippen LogP contribution is 2.25. The van der Waals surface area contributed by atoms with E-state index in [1.807, 2.05) is 26.4 Å². The zero-order valence-corrected chi connectivity index (χ0v) is 9.35. The average Bonchev–Trinajstić information content (AvgIpc) is 2.59. The molecule has 2 rings (SSSR count). The van der Waals surface area contributed by atoms with Gasteiger partial charge in [0.05, 0.1) is 11.2 Å². The maximum absolute atomic E-state index is 4.52. The number of aromatic amines is 1. The summed E-state index contributed by atoms with van der Waals surface area (Å²) >= 11 is 1.63. The van der Waals surface area contributed by atoms with Gasteiger partial charge in [-0.1, -0.05) is 17.8 Å². The SMILES string of the molecule is CSc1nc2c(N(C)C)cccc2[nH]1. The van der Waals surface area contributed by atoms with Crippen molar-refractivity contribution in [3.8, 4) is 0 Å². The van der Waals surface area contributed by atoms with Crippen LogP contribution in [-0.4, -0.2) is 30.3 Å². The van der Waals surface area contributed by atoms with E-state index in [1.54, 1.807) is 11.8 Å². The number of para-hydroxylation sites is 1. The van der Waals surface area contributed by atoms with Crippen molar-refractivity contribution in [2.24, 2.45) is 0 Å². The lowest BCUT2D eigenvalue weighted by atomic mass is 10.2. The Balaban J connectivity index is 2.66. The molecular formula is C10H13N3S. The molecule has 2 aromatic rings. The molecule has 0 aliphatic carbocycles. The van der Waals surface area contributed by atoms with Gasteiger partial charge in [-0.15, -0.1) is 0 Å². The third-order valence-corrected chi connectivity index (χ3v) is 2.72. The first-order chi connectivity index (χ1) is 6.72. The van der Waals surface area contributed by atoms with Gasteiger partial charge in [0.1, 0.15) is 5.52 Å². The molecule has 3 nitrogen and oxygen atoms in total. The van der Waals surface area contributed by atoms with E-state index in [1.165, 1.54) is 0 Å². The Morgan fingerprint density at radius 2 is 2.14 bits per heavy atom. The van der Waals surface area contributed by atoms with Crippen LogP contribution in [0.5, 0.6) is 0 Å². The molecule has 0 fully saturated rings. The smallest absolute Gasteiger partial charge is 0.166 e. The summed E-state index contributed by atoms with van der Waals surface area (Å²) in [7, 11) is 4.06. The van der Waals surface area contributed by atoms with Gasteiger partial charge in [-0.3, -0.25) is 0 Å². The highest BCUT2D eigenvalue weighted by Gasteiger charge is 2.07. The first kappa shape index (κ1) is 9.40. The second kappa shape index (κ2) is 3.53. The first-order valence-corrected chi connectivity index (χ1v) is 5.65. The summed E-state index contributed by atoms with van der Waals surface area (Å²) in [5.74, 6) is 0. The molecule has 14 heavy (non-hydrogen) atoms. The summed E-state index contributed by atoms with van der Waals surface area (Å²) in [4.78, 5) is 9.86. The monoisotopic (exact) mass is 207 g/mol. The number of rotatable bonds is 2. The van der Waals surface area contributed by atoms with Gasteiger partial charge in [0.2, 0.25) is 0 Å². The number of hydrogen-bond donors (Lipinski definition) is 1. The van der Waals surface area contributed by atoms with Gasteiger partial charge in [-0.25, -0.2) is 4.98 Å². The molecule has 0 radical (unpaired) electrons. The van der Waals surface area contributed by atoms with Gasteiger partial charge in [-0.05, 0) is 18.4 Å². The van der Waals surface area contributed by atoms with Crippen molar-refractivity contribution < 1.29 is 0 Å². The maximum atomic E-state index is 4.52. The summed E-state index contributed by atoms with van der Waals surface area (Å²) < 4.78 is 0. The lowest BCUT2D eigenvalue weighted by Crippen LogP contribution is -2.08. The molecule has 0 bridgehead atoms. The fourth-order valence-electron chi connectivity index (χ4n) is 1.45. The first-order valence-electron chi connectivity index (χ1n) is 4.42. The Kier molecular flexibility index (Phi) is 2.37. The molecule has 0 saturated carbocycles. The number of nitrogens with one attached hydrogen (secondary N) is 1. The third-order valence-electron chi connectivity index (χ3n) is 2.14. The maximum Gasteiger partial charge on any atom is 0.166 e. The molecule has 0 aliphatic rings. The van der Waals surface area contributed by atoms with Crippen molar-refractivity contribution in [2.45, 2.75) is 5.16 Å². The van der Waals surface area contributed by atoms with Crippen LogP contribution in [0.15, 0.2) is 23.4 Å². The fourth-order valence-corrected chi connectivity index (χ4v) is 1.85. The molecule has 0 unspecified atom stereocenters. The van der Waals surface area contributed by atoms with Crippen molar-refractivity contribution in [1.29, 1.82) is 0 Å². The molecule has 74 valence electrons. The van der Waals surface area contributed by atoms with Crippen LogP contribution in [-0.2, 0) is 0 Å². The molecule has 0 spiro atoms. The minimum atomic E-state index is 0.967. The molecule has 1 aromatic heterocycles. The van der Waals surface area contributed by atoms with Crippen LogP contribution < -0.4 is 4.90 Å². The van der Waals surface area contributed by atoms with Crippen LogP contribution in [0.1, 0.15) is 0 Å². The Hall–Kier alpha value is -1.16. The topological polar surface area (TPSA) is 31.9 Å². The second-order valence-electron chi connectivity index (χ2n) is 3.31. The zero-order valence-electron chi connectivity index (χ0n) is 8.53. The van der Waals surface area contributed by atoms with Crippen LogP contribution in [0, 0.1) is 0 Å². The number of aromatic nitrogens is 2. The minimum absolute atomic E-state index is 0.967. The zero-order chi connectivity index (χ0) is 10.1. The number of benzene rings is 1. The fraction of sp³-hybridized carbons (Fsp3) is 0.300. The van der Waals surface area contributed by atoms with E-state index in [4.69, 9.17) is 0 Å². The van der Waals surface area contributed by atoms with E-state index >= 15 is 0 Å². The quantitative estimate of drug-likeness (QED) is 0.767. The Labute approximate surface area is 87.5 Å². The van der Waals surface area contributed by atoms with Gasteiger partial charge in [0, 0.05) is 14.1 Å². The molecule has 0 atom stereocenters. The lowest BCUT2D eigenvalue weighted by Gasteiger charge is -2.11. The van der Waals surface area contributed by atoms with Gasteiger partial charge < -0.3 is 9.88 Å². The van der Waals surface area contributed by atoms with E-state index < -0.39 is 0 Å². The summed E-state index contributed by atoms with van der Waals surface area (Å²) in [6, 6.07) is 6.17. The molecule has 1 aromatic carbocycles. The predicted octanol–water partition coefficient (Wildman–Crippen LogP) is 2.35. The van der Waals surface area contributed by atoms with Crippen LogP contribution >= 0.6 is 11.8 Å². The van der Waals surface area contributed by atoms with E-state index in [0.29, 0.717) is 0 Å². The Morgan fingerprint density at radius 1 is 1.36 bits per heavy atom. The van der Waals surface area contributed by atoms with Gasteiger partial charge in [0.15, 0.2) is 5.16 Å². The normalized spacial score (nSPS) is 10.8. The third kappa shape index (κ3) is 1.46. The average molecular weight is 207 g/mol. The van der Waals surface area contributed by atoms with Crippen molar-refractivity contribution in [3.63, 3.8) is 0 Å². The largest absolute Gasteiger partial charge is 0.376 e. The minimum Gasteiger partial charge on any atom is -0.376 e. The molecule has 4 heteroatoms. The number of nitrogens with zero attached hydrogens (tertiary/aromatic N) is 2. The predicted molar refractivity (Wildman–Crippen MR) is 62.2 cm³/mol.